The first-order valence-corrected chi connectivity index (χ1v) is 5.48. The number of H-pyrrole nitrogens is 1. The lowest BCUT2D eigenvalue weighted by atomic mass is 9.64. The normalized spacial score (nSPS) is 27.2. The van der Waals surface area contributed by atoms with Crippen LogP contribution in [0.1, 0.15) is 20.3 Å². The number of nitrogens with zero attached hydrogens (tertiary/aromatic N) is 1. The highest BCUT2D eigenvalue weighted by molar-refractivity contribution is 6.32. The summed E-state index contributed by atoms with van der Waals surface area (Å²) in [6.07, 6.45) is 1.61. The van der Waals surface area contributed by atoms with Gasteiger partial charge in [-0.2, -0.15) is 0 Å². The van der Waals surface area contributed by atoms with E-state index in [1.807, 2.05) is 13.8 Å². The summed E-state index contributed by atoms with van der Waals surface area (Å²) in [6.45, 7) is 3.92. The highest BCUT2D eigenvalue weighted by Gasteiger charge is 2.47. The summed E-state index contributed by atoms with van der Waals surface area (Å²) in [4.78, 5) is 17.6. The molecule has 6 heteroatoms. The Hall–Kier alpha value is -1.07. The van der Waals surface area contributed by atoms with Crippen molar-refractivity contribution in [1.82, 2.24) is 9.97 Å². The van der Waals surface area contributed by atoms with E-state index >= 15 is 0 Å². The van der Waals surface area contributed by atoms with Gasteiger partial charge in [-0.15, -0.1) is 0 Å². The number of halogens is 1. The molecular formula is C10H14ClN3O2. The predicted molar refractivity (Wildman–Crippen MR) is 61.7 cm³/mol. The quantitative estimate of drug-likeness (QED) is 0.724. The average Bonchev–Trinajstić information content (AvgIpc) is 2.24. The molecule has 1 aliphatic rings. The average molecular weight is 244 g/mol. The van der Waals surface area contributed by atoms with E-state index in [-0.39, 0.29) is 28.1 Å². The van der Waals surface area contributed by atoms with Crippen LogP contribution in [0.3, 0.4) is 0 Å². The summed E-state index contributed by atoms with van der Waals surface area (Å²) >= 11 is 5.82. The summed E-state index contributed by atoms with van der Waals surface area (Å²) in [6, 6.07) is 0.0781. The van der Waals surface area contributed by atoms with E-state index in [1.165, 1.54) is 6.33 Å². The van der Waals surface area contributed by atoms with Gasteiger partial charge in [-0.25, -0.2) is 4.98 Å². The van der Waals surface area contributed by atoms with E-state index in [9.17, 15) is 9.90 Å². The third kappa shape index (κ3) is 1.70. The molecule has 2 unspecified atom stereocenters. The number of hydrogen-bond acceptors (Lipinski definition) is 4. The molecular weight excluding hydrogens is 230 g/mol. The first-order chi connectivity index (χ1) is 7.43. The van der Waals surface area contributed by atoms with Crippen molar-refractivity contribution < 1.29 is 5.11 Å². The summed E-state index contributed by atoms with van der Waals surface area (Å²) < 4.78 is 0. The second-order valence-electron chi connectivity index (χ2n) is 4.66. The van der Waals surface area contributed by atoms with E-state index < -0.39 is 0 Å². The lowest BCUT2D eigenvalue weighted by Gasteiger charge is -2.49. The predicted octanol–water partition coefficient (Wildman–Crippen LogP) is 0.995. The fourth-order valence-corrected chi connectivity index (χ4v) is 1.95. The SMILES string of the molecule is CC1(C)C(O)CC1Nc1nc[nH]c(=O)c1Cl. The van der Waals surface area contributed by atoms with E-state index in [4.69, 9.17) is 11.6 Å². The fraction of sp³-hybridized carbons (Fsp3) is 0.600. The first-order valence-electron chi connectivity index (χ1n) is 5.10. The van der Waals surface area contributed by atoms with Gasteiger partial charge in [-0.05, 0) is 6.42 Å². The fourth-order valence-electron chi connectivity index (χ4n) is 1.80. The van der Waals surface area contributed by atoms with Crippen LogP contribution in [-0.2, 0) is 0 Å². The third-order valence-electron chi connectivity index (χ3n) is 3.32. The molecule has 88 valence electrons. The molecule has 5 nitrogen and oxygen atoms in total. The third-order valence-corrected chi connectivity index (χ3v) is 3.67. The Morgan fingerprint density at radius 1 is 1.69 bits per heavy atom. The molecule has 3 N–H and O–H groups in total. The van der Waals surface area contributed by atoms with Crippen LogP contribution in [0.5, 0.6) is 0 Å². The second-order valence-corrected chi connectivity index (χ2v) is 5.04. The van der Waals surface area contributed by atoms with Gasteiger partial charge in [0.25, 0.3) is 5.56 Å². The van der Waals surface area contributed by atoms with Gasteiger partial charge in [-0.3, -0.25) is 4.79 Å². The topological polar surface area (TPSA) is 78.0 Å². The number of aromatic nitrogens is 2. The number of hydrogen-bond donors (Lipinski definition) is 3. The van der Waals surface area contributed by atoms with E-state index in [2.05, 4.69) is 15.3 Å². The molecule has 0 bridgehead atoms. The Morgan fingerprint density at radius 3 is 2.94 bits per heavy atom. The molecule has 0 saturated heterocycles. The molecule has 1 aromatic heterocycles. The monoisotopic (exact) mass is 243 g/mol. The van der Waals surface area contributed by atoms with Crippen molar-refractivity contribution >= 4 is 17.4 Å². The lowest BCUT2D eigenvalue weighted by Crippen LogP contribution is -2.57. The Labute approximate surface area is 97.9 Å². The van der Waals surface area contributed by atoms with Crippen LogP contribution in [0.25, 0.3) is 0 Å². The smallest absolute Gasteiger partial charge is 0.271 e. The van der Waals surface area contributed by atoms with Crippen molar-refractivity contribution in [3.8, 4) is 0 Å². The number of aliphatic hydroxyl groups is 1. The Bertz CT molecular complexity index is 458. The van der Waals surface area contributed by atoms with Gasteiger partial charge < -0.3 is 15.4 Å². The van der Waals surface area contributed by atoms with E-state index in [0.717, 1.165) is 0 Å². The van der Waals surface area contributed by atoms with Crippen LogP contribution < -0.4 is 10.9 Å². The molecule has 0 aromatic carbocycles. The minimum absolute atomic E-state index is 0.0553. The van der Waals surface area contributed by atoms with Crippen molar-refractivity contribution in [3.63, 3.8) is 0 Å². The molecule has 2 rings (SSSR count). The Morgan fingerprint density at radius 2 is 2.38 bits per heavy atom. The van der Waals surface area contributed by atoms with Crippen LogP contribution in [0, 0.1) is 5.41 Å². The molecule has 0 aliphatic heterocycles. The lowest BCUT2D eigenvalue weighted by molar-refractivity contribution is -0.0511. The van der Waals surface area contributed by atoms with Crippen molar-refractivity contribution in [3.05, 3.63) is 21.7 Å². The highest BCUT2D eigenvalue weighted by Crippen LogP contribution is 2.42. The van der Waals surface area contributed by atoms with Gasteiger partial charge in [0.15, 0.2) is 5.82 Å². The number of aromatic amines is 1. The molecule has 16 heavy (non-hydrogen) atoms. The van der Waals surface area contributed by atoms with Crippen LogP contribution in [0.15, 0.2) is 11.1 Å². The Kier molecular flexibility index (Phi) is 2.67. The standard InChI is InChI=1S/C10H14ClN3O2/c1-10(2)5(3-6(10)15)14-8-7(11)9(16)13-4-12-8/h4-6,15H,3H2,1-2H3,(H2,12,13,14,16). The highest BCUT2D eigenvalue weighted by atomic mass is 35.5. The van der Waals surface area contributed by atoms with Crippen molar-refractivity contribution in [2.75, 3.05) is 5.32 Å². The van der Waals surface area contributed by atoms with Crippen LogP contribution in [-0.4, -0.2) is 27.2 Å². The zero-order chi connectivity index (χ0) is 11.9. The van der Waals surface area contributed by atoms with Crippen LogP contribution in [0.4, 0.5) is 5.82 Å². The molecule has 1 fully saturated rings. The van der Waals surface area contributed by atoms with Gasteiger partial charge in [0, 0.05) is 11.5 Å². The maximum absolute atomic E-state index is 11.2. The zero-order valence-electron chi connectivity index (χ0n) is 9.12. The molecule has 0 spiro atoms. The van der Waals surface area contributed by atoms with Crippen molar-refractivity contribution in [2.24, 2.45) is 5.41 Å². The van der Waals surface area contributed by atoms with Crippen molar-refractivity contribution in [1.29, 1.82) is 0 Å². The largest absolute Gasteiger partial charge is 0.392 e. The summed E-state index contributed by atoms with van der Waals surface area (Å²) in [5.41, 5.74) is -0.593. The number of rotatable bonds is 2. The summed E-state index contributed by atoms with van der Waals surface area (Å²) in [7, 11) is 0. The minimum Gasteiger partial charge on any atom is -0.392 e. The molecule has 2 atom stereocenters. The number of anilines is 1. The van der Waals surface area contributed by atoms with E-state index in [1.54, 1.807) is 0 Å². The maximum atomic E-state index is 11.2. The van der Waals surface area contributed by atoms with Crippen molar-refractivity contribution in [2.45, 2.75) is 32.4 Å². The van der Waals surface area contributed by atoms with Gasteiger partial charge in [0.05, 0.1) is 12.4 Å². The summed E-state index contributed by atoms with van der Waals surface area (Å²) in [5, 5.41) is 12.7. The van der Waals surface area contributed by atoms with Gasteiger partial charge in [-0.1, -0.05) is 25.4 Å². The zero-order valence-corrected chi connectivity index (χ0v) is 9.88. The molecule has 1 aliphatic carbocycles. The molecule has 1 aromatic rings. The minimum atomic E-state index is -0.364. The van der Waals surface area contributed by atoms with Crippen LogP contribution >= 0.6 is 11.6 Å². The molecule has 1 saturated carbocycles. The number of nitrogens with one attached hydrogen (secondary N) is 2. The van der Waals surface area contributed by atoms with E-state index in [0.29, 0.717) is 12.2 Å². The molecule has 1 heterocycles. The molecule has 0 radical (unpaired) electrons. The first kappa shape index (κ1) is 11.4. The second kappa shape index (κ2) is 3.75. The Balaban J connectivity index is 2.17. The maximum Gasteiger partial charge on any atom is 0.271 e. The van der Waals surface area contributed by atoms with Gasteiger partial charge in [0.2, 0.25) is 0 Å². The number of aliphatic hydroxyl groups excluding tert-OH is 1. The van der Waals surface area contributed by atoms with Gasteiger partial charge >= 0.3 is 0 Å². The molecule has 0 amide bonds. The van der Waals surface area contributed by atoms with Gasteiger partial charge in [0.1, 0.15) is 5.02 Å². The van der Waals surface area contributed by atoms with Crippen LogP contribution in [0.2, 0.25) is 5.02 Å². The summed E-state index contributed by atoms with van der Waals surface area (Å²) in [5.74, 6) is 0.371.